The van der Waals surface area contributed by atoms with Crippen molar-refractivity contribution in [3.8, 4) is 0 Å². The van der Waals surface area contributed by atoms with E-state index in [1.54, 1.807) is 0 Å². The molecule has 0 atom stereocenters. The van der Waals surface area contributed by atoms with Crippen molar-refractivity contribution in [1.29, 1.82) is 0 Å². The van der Waals surface area contributed by atoms with Crippen molar-refractivity contribution >= 4 is 0 Å². The lowest BCUT2D eigenvalue weighted by Crippen LogP contribution is -2.06. The first-order valence-corrected chi connectivity index (χ1v) is 3.88. The van der Waals surface area contributed by atoms with Crippen LogP contribution in [0.25, 0.3) is 0 Å². The lowest BCUT2D eigenvalue weighted by molar-refractivity contribution is 0.696. The molecule has 1 heteroatoms. The van der Waals surface area contributed by atoms with Gasteiger partial charge in [0, 0.05) is 0 Å². The van der Waals surface area contributed by atoms with Crippen molar-refractivity contribution in [1.82, 2.24) is 5.32 Å². The minimum atomic E-state index is 1.15. The van der Waals surface area contributed by atoms with Gasteiger partial charge in [-0.15, -0.1) is 0 Å². The molecule has 0 unspecified atom stereocenters. The summed E-state index contributed by atoms with van der Waals surface area (Å²) in [6, 6.07) is 0. The number of hydrogen-bond donors (Lipinski definition) is 1. The van der Waals surface area contributed by atoms with Gasteiger partial charge in [0.1, 0.15) is 0 Å². The van der Waals surface area contributed by atoms with Crippen molar-refractivity contribution in [2.45, 2.75) is 32.6 Å². The summed E-state index contributed by atoms with van der Waals surface area (Å²) in [7, 11) is 2.00. The molecule has 0 aliphatic rings. The van der Waals surface area contributed by atoms with Crippen LogP contribution >= 0.6 is 0 Å². The van der Waals surface area contributed by atoms with Crippen molar-refractivity contribution in [2.24, 2.45) is 0 Å². The fraction of sp³-hybridized carbons (Fsp3) is 0.875. The van der Waals surface area contributed by atoms with Gasteiger partial charge < -0.3 is 5.32 Å². The molecule has 0 aromatic heterocycles. The van der Waals surface area contributed by atoms with Gasteiger partial charge >= 0.3 is 0 Å². The second kappa shape index (κ2) is 7.96. The van der Waals surface area contributed by atoms with Gasteiger partial charge in [-0.25, -0.2) is 0 Å². The maximum Gasteiger partial charge on any atom is -0.00518 e. The predicted molar refractivity (Wildman–Crippen MR) is 42.4 cm³/mol. The molecule has 0 aromatic rings. The minimum absolute atomic E-state index is 1.15. The fourth-order valence-electron chi connectivity index (χ4n) is 0.772. The molecule has 1 radical (unpaired) electrons. The topological polar surface area (TPSA) is 12.0 Å². The Kier molecular flexibility index (Phi) is 7.92. The lowest BCUT2D eigenvalue weighted by atomic mass is 10.1. The Morgan fingerprint density at radius 2 is 2.11 bits per heavy atom. The first-order chi connectivity index (χ1) is 4.41. The van der Waals surface area contributed by atoms with Crippen LogP contribution in [0, 0.1) is 6.42 Å². The number of nitrogens with one attached hydrogen (secondary N) is 1. The fourth-order valence-corrected chi connectivity index (χ4v) is 0.772. The van der Waals surface area contributed by atoms with Crippen LogP contribution in [0.5, 0.6) is 0 Å². The first-order valence-electron chi connectivity index (χ1n) is 3.88. The van der Waals surface area contributed by atoms with Crippen LogP contribution in [0.15, 0.2) is 0 Å². The maximum absolute atomic E-state index is 3.12. The SMILES string of the molecule is CCC[CH]CCCNC. The van der Waals surface area contributed by atoms with Crippen LogP contribution in [-0.4, -0.2) is 13.6 Å². The minimum Gasteiger partial charge on any atom is -0.320 e. The number of unbranched alkanes of at least 4 members (excludes halogenated alkanes) is 4. The zero-order valence-corrected chi connectivity index (χ0v) is 6.61. The summed E-state index contributed by atoms with van der Waals surface area (Å²) in [4.78, 5) is 0. The Morgan fingerprint density at radius 3 is 2.67 bits per heavy atom. The van der Waals surface area contributed by atoms with E-state index >= 15 is 0 Å². The lowest BCUT2D eigenvalue weighted by Gasteiger charge is -1.97. The standard InChI is InChI=1S/C8H18N/c1-3-4-5-6-7-8-9-2/h5,9H,3-4,6-8H2,1-2H3. The van der Waals surface area contributed by atoms with Crippen LogP contribution in [0.2, 0.25) is 0 Å². The van der Waals surface area contributed by atoms with Crippen LogP contribution in [-0.2, 0) is 0 Å². The third-order valence-corrected chi connectivity index (χ3v) is 1.33. The average molecular weight is 128 g/mol. The average Bonchev–Trinajstić information content (AvgIpc) is 1.89. The molecule has 1 N–H and O–H groups in total. The molecule has 9 heavy (non-hydrogen) atoms. The van der Waals surface area contributed by atoms with Gasteiger partial charge in [-0.3, -0.25) is 0 Å². The normalized spacial score (nSPS) is 10.0. The van der Waals surface area contributed by atoms with Gasteiger partial charge in [-0.1, -0.05) is 19.8 Å². The summed E-state index contributed by atoms with van der Waals surface area (Å²) < 4.78 is 0. The van der Waals surface area contributed by atoms with Crippen LogP contribution < -0.4 is 5.32 Å². The van der Waals surface area contributed by atoms with Gasteiger partial charge in [-0.05, 0) is 32.9 Å². The molecule has 0 bridgehead atoms. The summed E-state index contributed by atoms with van der Waals surface area (Å²) in [6.45, 7) is 3.37. The first kappa shape index (κ1) is 8.96. The van der Waals surface area contributed by atoms with Gasteiger partial charge in [-0.2, -0.15) is 0 Å². The Labute approximate surface area is 58.8 Å². The zero-order chi connectivity index (χ0) is 6.95. The molecule has 0 fully saturated rings. The van der Waals surface area contributed by atoms with Gasteiger partial charge in [0.2, 0.25) is 0 Å². The second-order valence-corrected chi connectivity index (χ2v) is 2.32. The molecule has 55 valence electrons. The largest absolute Gasteiger partial charge is 0.320 e. The van der Waals surface area contributed by atoms with Crippen molar-refractivity contribution in [3.05, 3.63) is 6.42 Å². The second-order valence-electron chi connectivity index (χ2n) is 2.32. The summed E-state index contributed by atoms with van der Waals surface area (Å²) in [5, 5.41) is 3.12. The molecule has 0 aromatic carbocycles. The Bertz CT molecular complexity index is 37.8. The molecule has 0 spiro atoms. The molecule has 0 heterocycles. The smallest absolute Gasteiger partial charge is 0.00518 e. The molecule has 0 saturated carbocycles. The summed E-state index contributed by atoms with van der Waals surface area (Å²) >= 11 is 0. The van der Waals surface area contributed by atoms with Crippen LogP contribution in [0.3, 0.4) is 0 Å². The molecule has 0 aliphatic carbocycles. The molecule has 0 rings (SSSR count). The Hall–Kier alpha value is -0.0400. The number of hydrogen-bond acceptors (Lipinski definition) is 1. The third-order valence-electron chi connectivity index (χ3n) is 1.33. The van der Waals surface area contributed by atoms with Crippen molar-refractivity contribution < 1.29 is 0 Å². The van der Waals surface area contributed by atoms with E-state index < -0.39 is 0 Å². The number of rotatable bonds is 6. The quantitative estimate of drug-likeness (QED) is 0.539. The Morgan fingerprint density at radius 1 is 1.33 bits per heavy atom. The van der Waals surface area contributed by atoms with E-state index in [0.29, 0.717) is 0 Å². The van der Waals surface area contributed by atoms with Crippen molar-refractivity contribution in [2.75, 3.05) is 13.6 Å². The van der Waals surface area contributed by atoms with Crippen molar-refractivity contribution in [3.63, 3.8) is 0 Å². The maximum atomic E-state index is 3.12. The molecule has 0 saturated heterocycles. The molecular formula is C8H18N. The molecule has 0 amide bonds. The van der Waals surface area contributed by atoms with E-state index in [2.05, 4.69) is 18.7 Å². The van der Waals surface area contributed by atoms with Crippen LogP contribution in [0.1, 0.15) is 32.6 Å². The highest BCUT2D eigenvalue weighted by Crippen LogP contribution is 1.98. The summed E-state index contributed by atoms with van der Waals surface area (Å²) in [5.41, 5.74) is 0. The monoisotopic (exact) mass is 128 g/mol. The molecule has 1 nitrogen and oxygen atoms in total. The van der Waals surface area contributed by atoms with Gasteiger partial charge in [0.25, 0.3) is 0 Å². The van der Waals surface area contributed by atoms with E-state index in [4.69, 9.17) is 0 Å². The Balaban J connectivity index is 2.60. The van der Waals surface area contributed by atoms with Gasteiger partial charge in [0.05, 0.1) is 0 Å². The highest BCUT2D eigenvalue weighted by molar-refractivity contribution is 4.63. The van der Waals surface area contributed by atoms with E-state index in [9.17, 15) is 0 Å². The third kappa shape index (κ3) is 7.96. The van der Waals surface area contributed by atoms with E-state index in [0.717, 1.165) is 6.54 Å². The van der Waals surface area contributed by atoms with Gasteiger partial charge in [0.15, 0.2) is 0 Å². The predicted octanol–water partition coefficient (Wildman–Crippen LogP) is 1.99. The highest BCUT2D eigenvalue weighted by Gasteiger charge is 1.85. The van der Waals surface area contributed by atoms with E-state index in [1.165, 1.54) is 25.7 Å². The highest BCUT2D eigenvalue weighted by atomic mass is 14.8. The zero-order valence-electron chi connectivity index (χ0n) is 6.61. The summed E-state index contributed by atoms with van der Waals surface area (Å²) in [5.74, 6) is 0. The van der Waals surface area contributed by atoms with E-state index in [1.807, 2.05) is 7.05 Å². The molecular weight excluding hydrogens is 110 g/mol. The summed E-state index contributed by atoms with van der Waals surface area (Å²) in [6.07, 6.45) is 7.51. The van der Waals surface area contributed by atoms with E-state index in [-0.39, 0.29) is 0 Å². The molecule has 0 aliphatic heterocycles. The van der Waals surface area contributed by atoms with Crippen LogP contribution in [0.4, 0.5) is 0 Å².